The third-order valence-electron chi connectivity index (χ3n) is 5.57. The van der Waals surface area contributed by atoms with E-state index in [1.807, 2.05) is 6.08 Å². The summed E-state index contributed by atoms with van der Waals surface area (Å²) < 4.78 is 49.9. The number of halogens is 6. The standard InChI is InChI=1S/C26H27ClF3N5O3.2ClH/c27-22-14-19(4-5-23(22)38-20-3-1-2-18(13-20)26(28,29)30)35-25-21-12-17(15-31-8-10-37-11-9-36)6-7-32-24(21)33-16-34-25;;/h1-5,12-14,16,31,36H,6-11,15H2,(H2,32,33,34,35);2*1H. The monoisotopic (exact) mass is 621 g/mol. The van der Waals surface area contributed by atoms with Gasteiger partial charge in [-0.15, -0.1) is 24.8 Å². The average Bonchev–Trinajstić information content (AvgIpc) is 3.10. The van der Waals surface area contributed by atoms with Crippen molar-refractivity contribution in [3.8, 4) is 11.5 Å². The van der Waals surface area contributed by atoms with Crippen molar-refractivity contribution in [1.29, 1.82) is 0 Å². The third-order valence-corrected chi connectivity index (χ3v) is 5.86. The van der Waals surface area contributed by atoms with Crippen molar-refractivity contribution < 1.29 is 27.8 Å². The number of hydrogen-bond donors (Lipinski definition) is 4. The highest BCUT2D eigenvalue weighted by Crippen LogP contribution is 2.36. The lowest BCUT2D eigenvalue weighted by Gasteiger charge is -2.14. The summed E-state index contributed by atoms with van der Waals surface area (Å²) in [5.74, 6) is 1.51. The molecule has 0 saturated carbocycles. The van der Waals surface area contributed by atoms with Gasteiger partial charge >= 0.3 is 6.18 Å². The highest BCUT2D eigenvalue weighted by atomic mass is 35.5. The van der Waals surface area contributed by atoms with Gasteiger partial charge in [-0.1, -0.05) is 23.2 Å². The van der Waals surface area contributed by atoms with Crippen LogP contribution in [0.1, 0.15) is 17.5 Å². The second kappa shape index (κ2) is 15.8. The summed E-state index contributed by atoms with van der Waals surface area (Å²) in [7, 11) is 0. The maximum Gasteiger partial charge on any atom is 0.416 e. The second-order valence-corrected chi connectivity index (χ2v) is 8.78. The fraction of sp³-hybridized carbons (Fsp3) is 0.308. The normalized spacial score (nSPS) is 12.6. The van der Waals surface area contributed by atoms with Gasteiger partial charge in [0.25, 0.3) is 0 Å². The van der Waals surface area contributed by atoms with E-state index in [9.17, 15) is 13.2 Å². The molecule has 0 amide bonds. The van der Waals surface area contributed by atoms with Gasteiger partial charge in [0, 0.05) is 25.3 Å². The Morgan fingerprint density at radius 2 is 1.90 bits per heavy atom. The van der Waals surface area contributed by atoms with E-state index in [4.69, 9.17) is 26.2 Å². The molecule has 1 aromatic heterocycles. The summed E-state index contributed by atoms with van der Waals surface area (Å²) in [4.78, 5) is 8.75. The largest absolute Gasteiger partial charge is 0.456 e. The van der Waals surface area contributed by atoms with Crippen molar-refractivity contribution in [1.82, 2.24) is 15.3 Å². The molecule has 8 nitrogen and oxygen atoms in total. The molecule has 4 rings (SSSR count). The number of nitrogens with one attached hydrogen (secondary N) is 3. The molecule has 0 bridgehead atoms. The van der Waals surface area contributed by atoms with E-state index in [2.05, 4.69) is 25.9 Å². The molecule has 40 heavy (non-hydrogen) atoms. The van der Waals surface area contributed by atoms with E-state index < -0.39 is 11.7 Å². The number of ether oxygens (including phenoxy) is 2. The number of benzene rings is 2. The highest BCUT2D eigenvalue weighted by molar-refractivity contribution is 6.32. The van der Waals surface area contributed by atoms with Gasteiger partial charge in [-0.2, -0.15) is 13.2 Å². The molecule has 218 valence electrons. The van der Waals surface area contributed by atoms with Crippen LogP contribution in [0.4, 0.5) is 30.5 Å². The molecule has 1 aliphatic heterocycles. The summed E-state index contributed by atoms with van der Waals surface area (Å²) in [6, 6.07) is 9.50. The van der Waals surface area contributed by atoms with Crippen molar-refractivity contribution in [2.45, 2.75) is 12.6 Å². The number of aromatic nitrogens is 2. The molecule has 2 aromatic carbocycles. The van der Waals surface area contributed by atoms with Gasteiger partial charge in [-0.25, -0.2) is 9.97 Å². The van der Waals surface area contributed by atoms with Gasteiger partial charge in [0.1, 0.15) is 29.5 Å². The third kappa shape index (κ3) is 9.39. The van der Waals surface area contributed by atoms with Crippen LogP contribution in [-0.2, 0) is 10.9 Å². The number of alkyl halides is 3. The molecule has 0 radical (unpaired) electrons. The van der Waals surface area contributed by atoms with Gasteiger partial charge in [-0.05, 0) is 48.9 Å². The Morgan fingerprint density at radius 3 is 2.65 bits per heavy atom. The Morgan fingerprint density at radius 1 is 1.07 bits per heavy atom. The van der Waals surface area contributed by atoms with Crippen LogP contribution in [0.15, 0.2) is 54.4 Å². The number of rotatable bonds is 11. The predicted molar refractivity (Wildman–Crippen MR) is 155 cm³/mol. The van der Waals surface area contributed by atoms with Crippen molar-refractivity contribution >= 4 is 59.8 Å². The van der Waals surface area contributed by atoms with Crippen molar-refractivity contribution in [2.24, 2.45) is 0 Å². The number of fused-ring (bicyclic) bond motifs is 1. The van der Waals surface area contributed by atoms with Gasteiger partial charge < -0.3 is 30.5 Å². The minimum Gasteiger partial charge on any atom is -0.456 e. The second-order valence-electron chi connectivity index (χ2n) is 8.37. The minimum atomic E-state index is -4.47. The van der Waals surface area contributed by atoms with Crippen molar-refractivity contribution in [2.75, 3.05) is 50.1 Å². The summed E-state index contributed by atoms with van der Waals surface area (Å²) in [6.07, 6.45) is -0.170. The first-order chi connectivity index (χ1) is 18.3. The van der Waals surface area contributed by atoms with Gasteiger partial charge in [0.2, 0.25) is 0 Å². The SMILES string of the molecule is Cl.Cl.OCCOCCNCC1=Cc2c(ncnc2Nc2ccc(Oc3cccc(C(F)(F)F)c3)c(Cl)c2)NCC1. The number of aliphatic hydroxyl groups excluding tert-OH is 1. The molecule has 0 fully saturated rings. The van der Waals surface area contributed by atoms with Gasteiger partial charge in [0.05, 0.1) is 36.0 Å². The van der Waals surface area contributed by atoms with E-state index in [0.717, 1.165) is 29.7 Å². The Kier molecular flexibility index (Phi) is 13.2. The molecule has 14 heteroatoms. The molecule has 4 N–H and O–H groups in total. The lowest BCUT2D eigenvalue weighted by molar-refractivity contribution is -0.137. The predicted octanol–water partition coefficient (Wildman–Crippen LogP) is 6.33. The van der Waals surface area contributed by atoms with Crippen LogP contribution >= 0.6 is 36.4 Å². The van der Waals surface area contributed by atoms with E-state index in [1.54, 1.807) is 18.2 Å². The first-order valence-electron chi connectivity index (χ1n) is 11.9. The molecule has 3 aromatic rings. The first-order valence-corrected chi connectivity index (χ1v) is 12.3. The fourth-order valence-electron chi connectivity index (χ4n) is 3.75. The lowest BCUT2D eigenvalue weighted by atomic mass is 10.1. The smallest absolute Gasteiger partial charge is 0.416 e. The van der Waals surface area contributed by atoms with Crippen LogP contribution in [0.3, 0.4) is 0 Å². The van der Waals surface area contributed by atoms with Crippen LogP contribution in [0, 0.1) is 0 Å². The molecular weight excluding hydrogens is 594 g/mol. The Labute approximate surface area is 247 Å². The first kappa shape index (κ1) is 33.4. The van der Waals surface area contributed by atoms with E-state index in [1.165, 1.54) is 18.5 Å². The van der Waals surface area contributed by atoms with Gasteiger partial charge in [0.15, 0.2) is 0 Å². The molecule has 0 atom stereocenters. The zero-order valence-electron chi connectivity index (χ0n) is 21.1. The van der Waals surface area contributed by atoms with Crippen LogP contribution in [0.2, 0.25) is 5.02 Å². The van der Waals surface area contributed by atoms with Crippen LogP contribution < -0.4 is 20.7 Å². The molecule has 2 heterocycles. The average molecular weight is 623 g/mol. The molecule has 0 unspecified atom stereocenters. The zero-order valence-corrected chi connectivity index (χ0v) is 23.5. The Balaban J connectivity index is 0.00000280. The van der Waals surface area contributed by atoms with E-state index >= 15 is 0 Å². The molecule has 0 spiro atoms. The summed E-state index contributed by atoms with van der Waals surface area (Å²) >= 11 is 6.39. The summed E-state index contributed by atoms with van der Waals surface area (Å²) in [5.41, 5.74) is 1.75. The maximum absolute atomic E-state index is 13.0. The van der Waals surface area contributed by atoms with E-state index in [0.29, 0.717) is 50.2 Å². The summed E-state index contributed by atoms with van der Waals surface area (Å²) in [6.45, 7) is 2.85. The van der Waals surface area contributed by atoms with Crippen LogP contribution in [0.25, 0.3) is 6.08 Å². The van der Waals surface area contributed by atoms with Crippen molar-refractivity contribution in [3.63, 3.8) is 0 Å². The van der Waals surface area contributed by atoms with Crippen LogP contribution in [0.5, 0.6) is 11.5 Å². The molecule has 1 aliphatic rings. The zero-order chi connectivity index (χ0) is 27.0. The van der Waals surface area contributed by atoms with Crippen molar-refractivity contribution in [3.05, 3.63) is 70.5 Å². The molecular formula is C26H29Cl3F3N5O3. The topological polar surface area (TPSA) is 101 Å². The number of nitrogens with zero attached hydrogens (tertiary/aromatic N) is 2. The van der Waals surface area contributed by atoms with Crippen LogP contribution in [-0.4, -0.2) is 54.5 Å². The van der Waals surface area contributed by atoms with Gasteiger partial charge in [-0.3, -0.25) is 0 Å². The Hall–Kier alpha value is -2.80. The maximum atomic E-state index is 13.0. The quantitative estimate of drug-likeness (QED) is 0.184. The van der Waals surface area contributed by atoms with E-state index in [-0.39, 0.29) is 47.9 Å². The summed E-state index contributed by atoms with van der Waals surface area (Å²) in [5, 5.41) is 18.9. The number of aliphatic hydroxyl groups is 1. The number of anilines is 3. The minimum absolute atomic E-state index is 0. The molecule has 0 aliphatic carbocycles. The highest BCUT2D eigenvalue weighted by Gasteiger charge is 2.30. The molecule has 0 saturated heterocycles. The lowest BCUT2D eigenvalue weighted by Crippen LogP contribution is -2.23. The number of hydrogen-bond acceptors (Lipinski definition) is 8. The fourth-order valence-corrected chi connectivity index (χ4v) is 3.97. The Bertz CT molecular complexity index is 1280.